The third-order valence-corrected chi connectivity index (χ3v) is 3.97. The van der Waals surface area contributed by atoms with Crippen LogP contribution >= 0.6 is 27.3 Å². The molecule has 0 aliphatic heterocycles. The second kappa shape index (κ2) is 5.89. The lowest BCUT2D eigenvalue weighted by atomic mass is 10.3. The summed E-state index contributed by atoms with van der Waals surface area (Å²) < 4.78 is 0.990. The van der Waals surface area contributed by atoms with E-state index < -0.39 is 0 Å². The van der Waals surface area contributed by atoms with Gasteiger partial charge in [-0.25, -0.2) is 0 Å². The Kier molecular flexibility index (Phi) is 4.79. The number of unbranched alkanes of at least 4 members (excludes halogenated alkanes) is 1. The zero-order chi connectivity index (χ0) is 11.3. The first kappa shape index (κ1) is 12.2. The number of rotatable bonds is 4. The van der Waals surface area contributed by atoms with Crippen LogP contribution in [0.25, 0.3) is 0 Å². The third-order valence-electron chi connectivity index (χ3n) is 1.83. The molecule has 0 radical (unpaired) electrons. The highest BCUT2D eigenvalue weighted by molar-refractivity contribution is 9.11. The highest BCUT2D eigenvalue weighted by atomic mass is 79.9. The topological polar surface area (TPSA) is 52.9 Å². The van der Waals surface area contributed by atoms with Gasteiger partial charge in [-0.1, -0.05) is 0 Å². The zero-order valence-electron chi connectivity index (χ0n) is 8.34. The fourth-order valence-corrected chi connectivity index (χ4v) is 2.48. The molecule has 0 aliphatic carbocycles. The molecule has 0 saturated heterocycles. The summed E-state index contributed by atoms with van der Waals surface area (Å²) in [6.07, 6.45) is 1.18. The summed E-state index contributed by atoms with van der Waals surface area (Å²) >= 11 is 4.80. The largest absolute Gasteiger partial charge is 0.351 e. The summed E-state index contributed by atoms with van der Waals surface area (Å²) in [5.74, 6) is -0.0632. The van der Waals surface area contributed by atoms with Gasteiger partial charge in [-0.15, -0.1) is 11.3 Å². The predicted molar refractivity (Wildman–Crippen MR) is 63.9 cm³/mol. The minimum absolute atomic E-state index is 0.0632. The molecule has 0 atom stereocenters. The summed E-state index contributed by atoms with van der Waals surface area (Å²) in [4.78, 5) is 12.3. The standard InChI is InChI=1S/C10H11BrN2OS/c1-7-6-8(15-9(7)11)10(14)13-5-3-2-4-12/h6H,2-3,5H2,1H3,(H,13,14). The van der Waals surface area contributed by atoms with Gasteiger partial charge in [0.05, 0.1) is 14.7 Å². The number of thiophene rings is 1. The fourth-order valence-electron chi connectivity index (χ4n) is 1.03. The average Bonchev–Trinajstić information content (AvgIpc) is 2.54. The van der Waals surface area contributed by atoms with Crippen LogP contribution in [0.3, 0.4) is 0 Å². The monoisotopic (exact) mass is 286 g/mol. The van der Waals surface area contributed by atoms with Crippen molar-refractivity contribution in [1.82, 2.24) is 5.32 Å². The molecule has 0 aromatic carbocycles. The van der Waals surface area contributed by atoms with Crippen molar-refractivity contribution in [3.05, 3.63) is 20.3 Å². The SMILES string of the molecule is Cc1cc(C(=O)NCCCC#N)sc1Br. The van der Waals surface area contributed by atoms with Crippen LogP contribution in [0.4, 0.5) is 0 Å². The molecule has 15 heavy (non-hydrogen) atoms. The highest BCUT2D eigenvalue weighted by Gasteiger charge is 2.09. The number of nitriles is 1. The van der Waals surface area contributed by atoms with Crippen LogP contribution in [-0.2, 0) is 0 Å². The van der Waals surface area contributed by atoms with E-state index in [0.717, 1.165) is 9.35 Å². The summed E-state index contributed by atoms with van der Waals surface area (Å²) in [5, 5.41) is 11.1. The highest BCUT2D eigenvalue weighted by Crippen LogP contribution is 2.27. The summed E-state index contributed by atoms with van der Waals surface area (Å²) in [6, 6.07) is 3.89. The van der Waals surface area contributed by atoms with Gasteiger partial charge in [0.15, 0.2) is 0 Å². The molecular formula is C10H11BrN2OS. The normalized spacial score (nSPS) is 9.67. The summed E-state index contributed by atoms with van der Waals surface area (Å²) in [7, 11) is 0. The minimum atomic E-state index is -0.0632. The van der Waals surface area contributed by atoms with Crippen LogP contribution in [0, 0.1) is 18.3 Å². The lowest BCUT2D eigenvalue weighted by molar-refractivity contribution is 0.0957. The van der Waals surface area contributed by atoms with Gasteiger partial charge < -0.3 is 5.32 Å². The van der Waals surface area contributed by atoms with E-state index >= 15 is 0 Å². The maximum atomic E-state index is 11.6. The molecule has 0 unspecified atom stereocenters. The van der Waals surface area contributed by atoms with E-state index in [1.807, 2.05) is 19.1 Å². The van der Waals surface area contributed by atoms with Crippen LogP contribution in [0.15, 0.2) is 9.85 Å². The quantitative estimate of drug-likeness (QED) is 0.866. The van der Waals surface area contributed by atoms with E-state index in [2.05, 4.69) is 21.2 Å². The predicted octanol–water partition coefficient (Wildman–Crippen LogP) is 2.85. The number of nitrogens with one attached hydrogen (secondary N) is 1. The maximum Gasteiger partial charge on any atom is 0.261 e. The molecule has 1 heterocycles. The smallest absolute Gasteiger partial charge is 0.261 e. The lowest BCUT2D eigenvalue weighted by Gasteiger charge is -2.00. The third kappa shape index (κ3) is 3.65. The van der Waals surface area contributed by atoms with Gasteiger partial charge in [0.2, 0.25) is 0 Å². The molecule has 80 valence electrons. The lowest BCUT2D eigenvalue weighted by Crippen LogP contribution is -2.23. The molecule has 0 bridgehead atoms. The Morgan fingerprint density at radius 1 is 1.73 bits per heavy atom. The summed E-state index contributed by atoms with van der Waals surface area (Å²) in [6.45, 7) is 2.51. The number of amides is 1. The second-order valence-electron chi connectivity index (χ2n) is 3.08. The Hall–Kier alpha value is -0.860. The average molecular weight is 287 g/mol. The number of nitrogens with zero attached hydrogens (tertiary/aromatic N) is 1. The fraction of sp³-hybridized carbons (Fsp3) is 0.400. The Morgan fingerprint density at radius 2 is 2.47 bits per heavy atom. The van der Waals surface area contributed by atoms with Gasteiger partial charge in [-0.05, 0) is 40.9 Å². The number of hydrogen-bond acceptors (Lipinski definition) is 3. The van der Waals surface area contributed by atoms with Crippen molar-refractivity contribution < 1.29 is 4.79 Å². The molecular weight excluding hydrogens is 276 g/mol. The molecule has 0 saturated carbocycles. The van der Waals surface area contributed by atoms with E-state index in [1.54, 1.807) is 0 Å². The number of aryl methyl sites for hydroxylation is 1. The molecule has 1 amide bonds. The van der Waals surface area contributed by atoms with E-state index in [-0.39, 0.29) is 5.91 Å². The molecule has 1 N–H and O–H groups in total. The number of halogens is 1. The maximum absolute atomic E-state index is 11.6. The molecule has 5 heteroatoms. The van der Waals surface area contributed by atoms with Crippen LogP contribution in [-0.4, -0.2) is 12.5 Å². The molecule has 0 fully saturated rings. The van der Waals surface area contributed by atoms with Crippen LogP contribution in [0.1, 0.15) is 28.1 Å². The number of carbonyl (C=O) groups is 1. The Bertz CT molecular complexity index is 375. The van der Waals surface area contributed by atoms with Crippen molar-refractivity contribution in [3.8, 4) is 6.07 Å². The first-order chi connectivity index (χ1) is 7.15. The van der Waals surface area contributed by atoms with Gasteiger partial charge in [0.1, 0.15) is 0 Å². The first-order valence-electron chi connectivity index (χ1n) is 4.56. The van der Waals surface area contributed by atoms with Gasteiger partial charge in [-0.3, -0.25) is 4.79 Å². The molecule has 0 spiro atoms. The van der Waals surface area contributed by atoms with E-state index in [9.17, 15) is 4.79 Å². The Morgan fingerprint density at radius 3 is 3.00 bits per heavy atom. The Balaban J connectivity index is 2.44. The molecule has 1 aromatic heterocycles. The zero-order valence-corrected chi connectivity index (χ0v) is 10.7. The number of carbonyl (C=O) groups excluding carboxylic acids is 1. The molecule has 0 aliphatic rings. The molecule has 1 aromatic rings. The van der Waals surface area contributed by atoms with Crippen molar-refractivity contribution in [2.75, 3.05) is 6.54 Å². The van der Waals surface area contributed by atoms with E-state index in [4.69, 9.17) is 5.26 Å². The van der Waals surface area contributed by atoms with Crippen molar-refractivity contribution in [3.63, 3.8) is 0 Å². The summed E-state index contributed by atoms with van der Waals surface area (Å²) in [5.41, 5.74) is 1.07. The van der Waals surface area contributed by atoms with Gasteiger partial charge in [-0.2, -0.15) is 5.26 Å². The van der Waals surface area contributed by atoms with Crippen molar-refractivity contribution >= 4 is 33.2 Å². The van der Waals surface area contributed by atoms with Crippen LogP contribution in [0.5, 0.6) is 0 Å². The van der Waals surface area contributed by atoms with Crippen LogP contribution < -0.4 is 5.32 Å². The van der Waals surface area contributed by atoms with E-state index in [0.29, 0.717) is 24.3 Å². The van der Waals surface area contributed by atoms with Crippen LogP contribution in [0.2, 0.25) is 0 Å². The molecule has 3 nitrogen and oxygen atoms in total. The van der Waals surface area contributed by atoms with Crippen molar-refractivity contribution in [2.45, 2.75) is 19.8 Å². The Labute approximate surface area is 101 Å². The van der Waals surface area contributed by atoms with E-state index in [1.165, 1.54) is 11.3 Å². The van der Waals surface area contributed by atoms with Crippen molar-refractivity contribution in [2.24, 2.45) is 0 Å². The van der Waals surface area contributed by atoms with Crippen molar-refractivity contribution in [1.29, 1.82) is 5.26 Å². The first-order valence-corrected chi connectivity index (χ1v) is 6.17. The minimum Gasteiger partial charge on any atom is -0.351 e. The van der Waals surface area contributed by atoms with Gasteiger partial charge >= 0.3 is 0 Å². The van der Waals surface area contributed by atoms with Gasteiger partial charge in [0.25, 0.3) is 5.91 Å². The van der Waals surface area contributed by atoms with Gasteiger partial charge in [0, 0.05) is 13.0 Å². The second-order valence-corrected chi connectivity index (χ2v) is 5.46. The molecule has 1 rings (SSSR count). The number of hydrogen-bond donors (Lipinski definition) is 1.